The molecular formula is C41H47FN10O3. The van der Waals surface area contributed by atoms with Crippen LogP contribution in [0.3, 0.4) is 0 Å². The Kier molecular flexibility index (Phi) is 9.69. The second-order valence-electron chi connectivity index (χ2n) is 15.3. The summed E-state index contributed by atoms with van der Waals surface area (Å²) in [7, 11) is 0. The molecule has 5 aliphatic heterocycles. The molecule has 1 atom stereocenters. The van der Waals surface area contributed by atoms with Crippen molar-refractivity contribution in [1.82, 2.24) is 30.1 Å². The predicted molar refractivity (Wildman–Crippen MR) is 209 cm³/mol. The summed E-state index contributed by atoms with van der Waals surface area (Å²) in [5.41, 5.74) is 8.69. The number of halogens is 1. The van der Waals surface area contributed by atoms with Gasteiger partial charge in [-0.2, -0.15) is 0 Å². The molecule has 3 saturated heterocycles. The van der Waals surface area contributed by atoms with Gasteiger partial charge >= 0.3 is 0 Å². The van der Waals surface area contributed by atoms with Gasteiger partial charge in [0, 0.05) is 94.5 Å². The first-order chi connectivity index (χ1) is 26.8. The van der Waals surface area contributed by atoms with Gasteiger partial charge in [0.25, 0.3) is 0 Å². The molecule has 0 saturated carbocycles. The minimum absolute atomic E-state index is 0.186. The summed E-state index contributed by atoms with van der Waals surface area (Å²) >= 11 is 0. The fourth-order valence-electron chi connectivity index (χ4n) is 8.51. The zero-order valence-electron chi connectivity index (χ0n) is 31.2. The van der Waals surface area contributed by atoms with E-state index in [9.17, 15) is 9.59 Å². The number of hydrogen-bond acceptors (Lipinski definition) is 12. The number of nitrogens with one attached hydrogen (secondary N) is 3. The summed E-state index contributed by atoms with van der Waals surface area (Å²) in [5, 5.41) is 9.11. The number of piperazine rings is 1. The number of hydrogen-bond donors (Lipinski definition) is 3. The minimum atomic E-state index is -0.252. The average Bonchev–Trinajstić information content (AvgIpc) is 3.18. The van der Waals surface area contributed by atoms with Crippen LogP contribution in [0.5, 0.6) is 5.88 Å². The molecule has 0 radical (unpaired) electrons. The Labute approximate surface area is 320 Å². The number of anilines is 5. The van der Waals surface area contributed by atoms with E-state index in [4.69, 9.17) is 9.72 Å². The third kappa shape index (κ3) is 7.40. The lowest BCUT2D eigenvalue weighted by Gasteiger charge is -2.49. The van der Waals surface area contributed by atoms with Crippen LogP contribution in [0, 0.1) is 12.7 Å². The molecule has 286 valence electrons. The van der Waals surface area contributed by atoms with E-state index in [1.807, 2.05) is 36.7 Å². The number of carbonyl (C=O) groups is 2. The van der Waals surface area contributed by atoms with E-state index in [0.717, 1.165) is 99.1 Å². The van der Waals surface area contributed by atoms with Gasteiger partial charge in [-0.15, -0.1) is 0 Å². The van der Waals surface area contributed by atoms with Crippen molar-refractivity contribution in [3.05, 3.63) is 88.6 Å². The molecule has 2 amide bonds. The lowest BCUT2D eigenvalue weighted by molar-refractivity contribution is -0.134. The molecule has 2 aromatic carbocycles. The Morgan fingerprint density at radius 1 is 0.964 bits per heavy atom. The van der Waals surface area contributed by atoms with Crippen LogP contribution < -0.4 is 30.5 Å². The van der Waals surface area contributed by atoms with Gasteiger partial charge in [-0.3, -0.25) is 19.8 Å². The monoisotopic (exact) mass is 746 g/mol. The normalized spacial score (nSPS) is 20.5. The highest BCUT2D eigenvalue weighted by Gasteiger charge is 2.34. The summed E-state index contributed by atoms with van der Waals surface area (Å²) in [5.74, 6) is 0.256. The number of pyridine rings is 1. The molecule has 0 spiro atoms. The van der Waals surface area contributed by atoms with Crippen LogP contribution >= 0.6 is 0 Å². The molecule has 0 aliphatic carbocycles. The minimum Gasteiger partial charge on any atom is -0.474 e. The Balaban J connectivity index is 0.731. The van der Waals surface area contributed by atoms with E-state index in [0.29, 0.717) is 61.5 Å². The summed E-state index contributed by atoms with van der Waals surface area (Å²) in [4.78, 5) is 47.4. The number of carbonyl (C=O) groups excluding carboxylic acids is 2. The molecular weight excluding hydrogens is 700 g/mol. The topological polar surface area (TPSA) is 131 Å². The molecule has 2 aromatic heterocycles. The highest BCUT2D eigenvalue weighted by atomic mass is 19.1. The van der Waals surface area contributed by atoms with Gasteiger partial charge in [-0.05, 0) is 67.1 Å². The smallest absolute Gasteiger partial charge is 0.237 e. The summed E-state index contributed by atoms with van der Waals surface area (Å²) in [6.07, 6.45) is 6.21. The zero-order chi connectivity index (χ0) is 37.5. The quantitative estimate of drug-likeness (QED) is 0.214. The molecule has 7 heterocycles. The molecule has 5 aliphatic rings. The molecule has 14 heteroatoms. The Morgan fingerprint density at radius 3 is 2.60 bits per heavy atom. The lowest BCUT2D eigenvalue weighted by Crippen LogP contribution is -2.63. The maximum Gasteiger partial charge on any atom is 0.237 e. The molecule has 0 bridgehead atoms. The maximum absolute atomic E-state index is 15.4. The van der Waals surface area contributed by atoms with Gasteiger partial charge in [-0.25, -0.2) is 19.3 Å². The summed E-state index contributed by atoms with van der Waals surface area (Å²) < 4.78 is 21.1. The summed E-state index contributed by atoms with van der Waals surface area (Å²) in [6, 6.07) is 14.1. The number of nitrogens with zero attached hydrogens (tertiary/aromatic N) is 7. The van der Waals surface area contributed by atoms with Crippen molar-refractivity contribution in [2.24, 2.45) is 0 Å². The van der Waals surface area contributed by atoms with Crippen molar-refractivity contribution in [2.45, 2.75) is 51.1 Å². The van der Waals surface area contributed by atoms with E-state index in [-0.39, 0.29) is 23.5 Å². The highest BCUT2D eigenvalue weighted by molar-refractivity contribution is 6.01. The van der Waals surface area contributed by atoms with Crippen LogP contribution in [0.4, 0.5) is 33.1 Å². The molecule has 3 fully saturated rings. The summed E-state index contributed by atoms with van der Waals surface area (Å²) in [6.45, 7) is 11.7. The van der Waals surface area contributed by atoms with Crippen molar-refractivity contribution in [2.75, 3.05) is 85.9 Å². The number of aromatic nitrogens is 3. The van der Waals surface area contributed by atoms with Gasteiger partial charge in [-0.1, -0.05) is 18.2 Å². The van der Waals surface area contributed by atoms with Crippen LogP contribution in [0.1, 0.15) is 46.7 Å². The first kappa shape index (κ1) is 35.4. The van der Waals surface area contributed by atoms with Crippen molar-refractivity contribution < 1.29 is 18.7 Å². The Bertz CT molecular complexity index is 2080. The lowest BCUT2D eigenvalue weighted by atomic mass is 9.90. The van der Waals surface area contributed by atoms with Crippen LogP contribution in [-0.4, -0.2) is 108 Å². The Morgan fingerprint density at radius 2 is 1.80 bits per heavy atom. The number of piperidine rings is 1. The fraction of sp³-hybridized carbons (Fsp3) is 0.439. The van der Waals surface area contributed by atoms with Gasteiger partial charge < -0.3 is 30.1 Å². The van der Waals surface area contributed by atoms with E-state index in [2.05, 4.69) is 64.6 Å². The third-order valence-electron chi connectivity index (χ3n) is 11.9. The van der Waals surface area contributed by atoms with Crippen molar-refractivity contribution in [3.63, 3.8) is 0 Å². The molecule has 3 N–H and O–H groups in total. The number of fused-ring (bicyclic) bond motifs is 2. The van der Waals surface area contributed by atoms with E-state index in [1.165, 1.54) is 5.69 Å². The van der Waals surface area contributed by atoms with Crippen LogP contribution in [0.15, 0.2) is 54.9 Å². The van der Waals surface area contributed by atoms with Crippen molar-refractivity contribution in [3.8, 4) is 5.88 Å². The van der Waals surface area contributed by atoms with Gasteiger partial charge in [0.05, 0.1) is 30.0 Å². The van der Waals surface area contributed by atoms with Gasteiger partial charge in [0.15, 0.2) is 0 Å². The van der Waals surface area contributed by atoms with Crippen LogP contribution in [-0.2, 0) is 29.0 Å². The van der Waals surface area contributed by atoms with E-state index >= 15 is 4.39 Å². The molecule has 1 unspecified atom stereocenters. The number of rotatable bonds is 9. The van der Waals surface area contributed by atoms with E-state index < -0.39 is 0 Å². The second-order valence-corrected chi connectivity index (χ2v) is 15.3. The number of amides is 2. The number of imide groups is 1. The maximum atomic E-state index is 15.4. The largest absolute Gasteiger partial charge is 0.474 e. The number of benzene rings is 2. The third-order valence-corrected chi connectivity index (χ3v) is 11.9. The molecule has 9 rings (SSSR count). The fourth-order valence-corrected chi connectivity index (χ4v) is 8.51. The van der Waals surface area contributed by atoms with Crippen molar-refractivity contribution in [1.29, 1.82) is 0 Å². The first-order valence-electron chi connectivity index (χ1n) is 19.5. The van der Waals surface area contributed by atoms with Gasteiger partial charge in [0.1, 0.15) is 18.1 Å². The molecule has 13 nitrogen and oxygen atoms in total. The zero-order valence-corrected chi connectivity index (χ0v) is 31.2. The second kappa shape index (κ2) is 15.1. The molecule has 55 heavy (non-hydrogen) atoms. The molecule has 4 aromatic rings. The van der Waals surface area contributed by atoms with Crippen molar-refractivity contribution >= 4 is 40.5 Å². The first-order valence-corrected chi connectivity index (χ1v) is 19.5. The highest BCUT2D eigenvalue weighted by Crippen LogP contribution is 2.36. The number of ether oxygens (including phenoxy) is 1. The van der Waals surface area contributed by atoms with Gasteiger partial charge in [0.2, 0.25) is 23.6 Å². The van der Waals surface area contributed by atoms with Crippen LogP contribution in [0.25, 0.3) is 0 Å². The SMILES string of the molecule is Cc1c(N2CCc3cnc(Nc4ccc(CCN5CCN(C6CN(c7ccc(C8CCC(=O)NC8=O)cc7)C6)CC5)c(F)c4)nc3C2)cnc2c1NCCO2. The standard InChI is InChI=1S/C41H47FN10O3/c1-26-36(22-44-40-38(26)43-12-19-55-40)51-14-11-29-21-45-41(47-35(29)25-51)46-30-5-2-28(34(42)20-30)10-13-49-15-17-50(18-16-49)32-23-52(24-32)31-6-3-27(4-7-31)33-8-9-37(53)48-39(33)54/h2-7,20-22,32-33,43H,8-19,23-25H2,1H3,(H,45,46,47)(H,48,53,54). The average molecular weight is 747 g/mol. The van der Waals surface area contributed by atoms with E-state index in [1.54, 1.807) is 6.07 Å². The Hall–Kier alpha value is -5.34. The van der Waals surface area contributed by atoms with Crippen LogP contribution in [0.2, 0.25) is 0 Å². The predicted octanol–water partition coefficient (Wildman–Crippen LogP) is 4.00.